The van der Waals surface area contributed by atoms with E-state index in [4.69, 9.17) is 0 Å². The van der Waals surface area contributed by atoms with Crippen LogP contribution in [0.3, 0.4) is 0 Å². The summed E-state index contributed by atoms with van der Waals surface area (Å²) in [5.41, 5.74) is 1.52. The van der Waals surface area contributed by atoms with Gasteiger partial charge in [0.15, 0.2) is 0 Å². The predicted molar refractivity (Wildman–Crippen MR) is 76.6 cm³/mol. The first-order valence-corrected chi connectivity index (χ1v) is 7.15. The van der Waals surface area contributed by atoms with Crippen LogP contribution in [0.15, 0.2) is 34.1 Å². The first kappa shape index (κ1) is 13.5. The molecular weight excluding hydrogens is 317 g/mol. The first-order valence-electron chi connectivity index (χ1n) is 5.47. The van der Waals surface area contributed by atoms with Crippen LogP contribution in [0.4, 0.5) is 10.1 Å². The molecule has 0 aliphatic rings. The molecule has 0 aliphatic carbocycles. The van der Waals surface area contributed by atoms with Crippen molar-refractivity contribution < 1.29 is 9.50 Å². The van der Waals surface area contributed by atoms with Crippen molar-refractivity contribution in [3.05, 3.63) is 50.4 Å². The summed E-state index contributed by atoms with van der Waals surface area (Å²) in [6, 6.07) is 6.45. The topological polar surface area (TPSA) is 32.3 Å². The summed E-state index contributed by atoms with van der Waals surface area (Å²) in [5, 5.41) is 14.5. The van der Waals surface area contributed by atoms with Crippen molar-refractivity contribution in [1.29, 1.82) is 0 Å². The second kappa shape index (κ2) is 5.82. The Morgan fingerprint density at radius 1 is 1.44 bits per heavy atom. The number of aryl methyl sites for hydroxylation is 1. The Hall–Kier alpha value is -0.910. The van der Waals surface area contributed by atoms with Crippen LogP contribution in [0, 0.1) is 12.7 Å². The van der Waals surface area contributed by atoms with Gasteiger partial charge in [-0.1, -0.05) is 0 Å². The molecule has 0 saturated carbocycles. The summed E-state index contributed by atoms with van der Waals surface area (Å²) >= 11 is 4.98. The van der Waals surface area contributed by atoms with E-state index in [1.807, 2.05) is 24.4 Å². The molecule has 18 heavy (non-hydrogen) atoms. The summed E-state index contributed by atoms with van der Waals surface area (Å²) in [5.74, 6) is -0.278. The van der Waals surface area contributed by atoms with Crippen molar-refractivity contribution in [3.63, 3.8) is 0 Å². The molecule has 1 unspecified atom stereocenters. The van der Waals surface area contributed by atoms with Crippen LogP contribution in [-0.4, -0.2) is 11.7 Å². The minimum Gasteiger partial charge on any atom is -0.394 e. The molecule has 5 heteroatoms. The predicted octanol–water partition coefficient (Wildman–Crippen LogP) is 4.10. The van der Waals surface area contributed by atoms with Gasteiger partial charge in [-0.3, -0.25) is 0 Å². The third-order valence-electron chi connectivity index (χ3n) is 2.53. The van der Waals surface area contributed by atoms with Crippen LogP contribution in [0.1, 0.15) is 16.5 Å². The highest BCUT2D eigenvalue weighted by molar-refractivity contribution is 9.10. The van der Waals surface area contributed by atoms with Gasteiger partial charge in [0, 0.05) is 15.0 Å². The van der Waals surface area contributed by atoms with E-state index >= 15 is 0 Å². The van der Waals surface area contributed by atoms with E-state index in [9.17, 15) is 9.50 Å². The lowest BCUT2D eigenvalue weighted by molar-refractivity contribution is 0.277. The van der Waals surface area contributed by atoms with E-state index in [1.54, 1.807) is 11.3 Å². The number of anilines is 1. The number of nitrogens with one attached hydrogen (secondary N) is 1. The first-order chi connectivity index (χ1) is 8.60. The Morgan fingerprint density at radius 2 is 2.22 bits per heavy atom. The van der Waals surface area contributed by atoms with Gasteiger partial charge in [-0.15, -0.1) is 11.3 Å². The van der Waals surface area contributed by atoms with Crippen molar-refractivity contribution in [3.8, 4) is 0 Å². The molecule has 0 saturated heterocycles. The number of hydrogen-bond donors (Lipinski definition) is 2. The van der Waals surface area contributed by atoms with Crippen molar-refractivity contribution in [2.75, 3.05) is 11.9 Å². The van der Waals surface area contributed by atoms with Gasteiger partial charge in [0.05, 0.1) is 12.6 Å². The molecule has 0 fully saturated rings. The van der Waals surface area contributed by atoms with E-state index in [1.165, 1.54) is 12.1 Å². The average molecular weight is 330 g/mol. The Kier molecular flexibility index (Phi) is 4.37. The van der Waals surface area contributed by atoms with Gasteiger partial charge in [-0.25, -0.2) is 4.39 Å². The number of benzene rings is 1. The maximum absolute atomic E-state index is 13.3. The lowest BCUT2D eigenvalue weighted by atomic mass is 10.2. The highest BCUT2D eigenvalue weighted by Crippen LogP contribution is 2.31. The lowest BCUT2D eigenvalue weighted by Gasteiger charge is -2.17. The van der Waals surface area contributed by atoms with E-state index in [2.05, 4.69) is 21.2 Å². The Labute approximate surface area is 118 Å². The molecule has 0 aliphatic heterocycles. The van der Waals surface area contributed by atoms with Gasteiger partial charge in [0.25, 0.3) is 0 Å². The third kappa shape index (κ3) is 3.10. The molecule has 1 aromatic heterocycles. The van der Waals surface area contributed by atoms with Gasteiger partial charge in [0.2, 0.25) is 0 Å². The molecule has 0 radical (unpaired) electrons. The van der Waals surface area contributed by atoms with E-state index < -0.39 is 0 Å². The maximum Gasteiger partial charge on any atom is 0.125 e. The second-order valence-corrected chi connectivity index (χ2v) is 5.83. The van der Waals surface area contributed by atoms with Gasteiger partial charge in [-0.05, 0) is 58.1 Å². The highest BCUT2D eigenvalue weighted by Gasteiger charge is 2.15. The zero-order valence-corrected chi connectivity index (χ0v) is 12.2. The standard InChI is InChI=1S/C13H13BrFNOS/c1-8-4-9(15)6-10(5-8)16-12(7-17)13-11(14)2-3-18-13/h2-6,12,16-17H,7H2,1H3. The Morgan fingerprint density at radius 3 is 2.78 bits per heavy atom. The second-order valence-electron chi connectivity index (χ2n) is 4.03. The molecule has 2 rings (SSSR count). The minimum atomic E-state index is -0.278. The number of halogens is 2. The zero-order chi connectivity index (χ0) is 13.1. The summed E-state index contributed by atoms with van der Waals surface area (Å²) in [7, 11) is 0. The van der Waals surface area contributed by atoms with Crippen LogP contribution in [0.5, 0.6) is 0 Å². The highest BCUT2D eigenvalue weighted by atomic mass is 79.9. The number of hydrogen-bond acceptors (Lipinski definition) is 3. The van der Waals surface area contributed by atoms with Crippen LogP contribution >= 0.6 is 27.3 Å². The molecule has 2 aromatic rings. The number of aliphatic hydroxyl groups is 1. The normalized spacial score (nSPS) is 12.4. The van der Waals surface area contributed by atoms with Crippen molar-refractivity contribution in [2.45, 2.75) is 13.0 Å². The van der Waals surface area contributed by atoms with E-state index in [0.717, 1.165) is 14.9 Å². The lowest BCUT2D eigenvalue weighted by Crippen LogP contribution is -2.14. The quantitative estimate of drug-likeness (QED) is 0.884. The summed E-state index contributed by atoms with van der Waals surface area (Å²) in [4.78, 5) is 0.999. The SMILES string of the molecule is Cc1cc(F)cc(NC(CO)c2sccc2Br)c1. The molecule has 0 spiro atoms. The largest absolute Gasteiger partial charge is 0.394 e. The summed E-state index contributed by atoms with van der Waals surface area (Å²) < 4.78 is 14.2. The van der Waals surface area contributed by atoms with Crippen molar-refractivity contribution in [2.24, 2.45) is 0 Å². The third-order valence-corrected chi connectivity index (χ3v) is 4.51. The smallest absolute Gasteiger partial charge is 0.125 e. The average Bonchev–Trinajstić information content (AvgIpc) is 2.71. The molecule has 96 valence electrons. The fourth-order valence-corrected chi connectivity index (χ4v) is 3.46. The van der Waals surface area contributed by atoms with Gasteiger partial charge < -0.3 is 10.4 Å². The Balaban J connectivity index is 2.23. The molecule has 2 N–H and O–H groups in total. The van der Waals surface area contributed by atoms with Crippen molar-refractivity contribution in [1.82, 2.24) is 0 Å². The van der Waals surface area contributed by atoms with Crippen LogP contribution in [0.2, 0.25) is 0 Å². The molecule has 2 nitrogen and oxygen atoms in total. The van der Waals surface area contributed by atoms with Crippen molar-refractivity contribution >= 4 is 33.0 Å². The van der Waals surface area contributed by atoms with Crippen LogP contribution in [0.25, 0.3) is 0 Å². The van der Waals surface area contributed by atoms with Gasteiger partial charge in [0.1, 0.15) is 5.82 Å². The monoisotopic (exact) mass is 329 g/mol. The Bertz CT molecular complexity index is 523. The molecule has 0 bridgehead atoms. The zero-order valence-electron chi connectivity index (χ0n) is 9.78. The molecule has 1 aromatic carbocycles. The molecule has 1 atom stereocenters. The van der Waals surface area contributed by atoms with Gasteiger partial charge >= 0.3 is 0 Å². The van der Waals surface area contributed by atoms with Crippen LogP contribution < -0.4 is 5.32 Å². The fourth-order valence-electron chi connectivity index (χ4n) is 1.77. The summed E-state index contributed by atoms with van der Waals surface area (Å²) in [6.45, 7) is 1.79. The number of rotatable bonds is 4. The van der Waals surface area contributed by atoms with E-state index in [0.29, 0.717) is 5.69 Å². The molecule has 0 amide bonds. The van der Waals surface area contributed by atoms with Gasteiger partial charge in [-0.2, -0.15) is 0 Å². The molecule has 1 heterocycles. The number of aliphatic hydroxyl groups excluding tert-OH is 1. The fraction of sp³-hybridized carbons (Fsp3) is 0.231. The minimum absolute atomic E-state index is 0.0470. The van der Waals surface area contributed by atoms with Crippen LogP contribution in [-0.2, 0) is 0 Å². The summed E-state index contributed by atoms with van der Waals surface area (Å²) in [6.07, 6.45) is 0. The molecular formula is C13H13BrFNOS. The maximum atomic E-state index is 13.3. The van der Waals surface area contributed by atoms with E-state index in [-0.39, 0.29) is 18.5 Å². The number of thiophene rings is 1.